The Hall–Kier alpha value is -1.56. The minimum absolute atomic E-state index is 0.224. The smallest absolute Gasteiger partial charge is 0.223 e. The summed E-state index contributed by atoms with van der Waals surface area (Å²) in [5.41, 5.74) is 7.98. The lowest BCUT2D eigenvalue weighted by Crippen LogP contribution is -2.21. The van der Waals surface area contributed by atoms with Crippen LogP contribution in [0.25, 0.3) is 0 Å². The Kier molecular flexibility index (Phi) is 2.86. The van der Waals surface area contributed by atoms with Crippen LogP contribution in [-0.2, 0) is 0 Å². The second-order valence-electron chi connectivity index (χ2n) is 3.82. The van der Waals surface area contributed by atoms with E-state index in [1.54, 1.807) is 6.07 Å². The number of aromatic nitrogens is 2. The van der Waals surface area contributed by atoms with Gasteiger partial charge in [0.1, 0.15) is 11.6 Å². The Morgan fingerprint density at radius 1 is 1.33 bits per heavy atom. The van der Waals surface area contributed by atoms with Crippen LogP contribution in [0.15, 0.2) is 6.07 Å². The quantitative estimate of drug-likeness (QED) is 0.426. The van der Waals surface area contributed by atoms with Crippen LogP contribution >= 0.6 is 0 Å². The van der Waals surface area contributed by atoms with Crippen molar-refractivity contribution in [1.29, 1.82) is 0 Å². The van der Waals surface area contributed by atoms with Crippen molar-refractivity contribution in [2.45, 2.75) is 19.3 Å². The molecule has 1 aromatic heterocycles. The molecule has 15 heavy (non-hydrogen) atoms. The van der Waals surface area contributed by atoms with Crippen molar-refractivity contribution in [3.63, 3.8) is 0 Å². The third-order valence-electron chi connectivity index (χ3n) is 2.69. The maximum absolute atomic E-state index is 5.53. The molecule has 1 aliphatic carbocycles. The van der Waals surface area contributed by atoms with Crippen LogP contribution in [0.1, 0.15) is 19.3 Å². The lowest BCUT2D eigenvalue weighted by atomic mass is 9.85. The number of nitrogen functional groups attached to an aromatic ring is 2. The Labute approximate surface area is 88.4 Å². The van der Waals surface area contributed by atoms with E-state index in [0.29, 0.717) is 5.82 Å². The number of nitrogens with two attached hydrogens (primary N) is 2. The van der Waals surface area contributed by atoms with Crippen molar-refractivity contribution in [2.75, 3.05) is 23.0 Å². The average Bonchev–Trinajstić information content (AvgIpc) is 2.14. The zero-order valence-electron chi connectivity index (χ0n) is 8.53. The van der Waals surface area contributed by atoms with Crippen LogP contribution in [0, 0.1) is 5.92 Å². The summed E-state index contributed by atoms with van der Waals surface area (Å²) >= 11 is 0. The maximum atomic E-state index is 5.53. The molecule has 2 rings (SSSR count). The molecular formula is C9H16N6. The first-order valence-electron chi connectivity index (χ1n) is 5.13. The van der Waals surface area contributed by atoms with Gasteiger partial charge in [0.15, 0.2) is 0 Å². The second kappa shape index (κ2) is 4.31. The lowest BCUT2D eigenvalue weighted by molar-refractivity contribution is 0.333. The van der Waals surface area contributed by atoms with Gasteiger partial charge in [0.25, 0.3) is 0 Å². The highest BCUT2D eigenvalue weighted by Crippen LogP contribution is 2.26. The molecule has 6 heteroatoms. The van der Waals surface area contributed by atoms with Crippen LogP contribution < -0.4 is 22.3 Å². The third kappa shape index (κ3) is 2.47. The van der Waals surface area contributed by atoms with Crippen LogP contribution in [0.3, 0.4) is 0 Å². The van der Waals surface area contributed by atoms with E-state index in [4.69, 9.17) is 11.6 Å². The van der Waals surface area contributed by atoms with Gasteiger partial charge in [-0.15, -0.1) is 0 Å². The molecule has 1 aromatic rings. The Morgan fingerprint density at radius 3 is 2.67 bits per heavy atom. The highest BCUT2D eigenvalue weighted by atomic mass is 15.3. The number of rotatable bonds is 4. The van der Waals surface area contributed by atoms with E-state index in [0.717, 1.165) is 18.3 Å². The molecule has 6 nitrogen and oxygen atoms in total. The maximum Gasteiger partial charge on any atom is 0.223 e. The normalized spacial score (nSPS) is 15.8. The Morgan fingerprint density at radius 2 is 2.07 bits per heavy atom. The summed E-state index contributed by atoms with van der Waals surface area (Å²) in [5, 5.41) is 3.24. The lowest BCUT2D eigenvalue weighted by Gasteiger charge is -2.25. The monoisotopic (exact) mass is 208 g/mol. The fourth-order valence-electron chi connectivity index (χ4n) is 1.58. The van der Waals surface area contributed by atoms with Crippen molar-refractivity contribution < 1.29 is 0 Å². The average molecular weight is 208 g/mol. The molecule has 0 atom stereocenters. The number of hydrogen-bond donors (Lipinski definition) is 4. The van der Waals surface area contributed by atoms with Crippen molar-refractivity contribution in [2.24, 2.45) is 11.8 Å². The van der Waals surface area contributed by atoms with Gasteiger partial charge in [-0.2, -0.15) is 9.97 Å². The molecule has 0 spiro atoms. The third-order valence-corrected chi connectivity index (χ3v) is 2.69. The predicted molar refractivity (Wildman–Crippen MR) is 60.1 cm³/mol. The minimum Gasteiger partial charge on any atom is -0.370 e. The fourth-order valence-corrected chi connectivity index (χ4v) is 1.58. The Bertz CT molecular complexity index is 335. The standard InChI is InChI=1S/C9H16N6/c10-9-13-7(4-8(14-9)15-11)12-5-6-2-1-3-6/h4,6H,1-3,5,11H2,(H4,10,12,13,14,15). The first kappa shape index (κ1) is 9.97. The first-order valence-corrected chi connectivity index (χ1v) is 5.13. The predicted octanol–water partition coefficient (Wildman–Crippen LogP) is 0.556. The molecule has 0 amide bonds. The van der Waals surface area contributed by atoms with Gasteiger partial charge in [-0.3, -0.25) is 0 Å². The number of nitrogens with one attached hydrogen (secondary N) is 2. The summed E-state index contributed by atoms with van der Waals surface area (Å²) in [4.78, 5) is 7.98. The number of nitrogens with zero attached hydrogens (tertiary/aromatic N) is 2. The molecule has 6 N–H and O–H groups in total. The summed E-state index contributed by atoms with van der Waals surface area (Å²) in [6.45, 7) is 0.945. The second-order valence-corrected chi connectivity index (χ2v) is 3.82. The van der Waals surface area contributed by atoms with E-state index in [1.807, 2.05) is 0 Å². The summed E-state index contributed by atoms with van der Waals surface area (Å²) in [6.07, 6.45) is 3.94. The molecule has 0 bridgehead atoms. The largest absolute Gasteiger partial charge is 0.370 e. The van der Waals surface area contributed by atoms with Crippen molar-refractivity contribution in [1.82, 2.24) is 9.97 Å². The summed E-state index contributed by atoms with van der Waals surface area (Å²) in [5.74, 6) is 7.51. The van der Waals surface area contributed by atoms with E-state index < -0.39 is 0 Å². The van der Waals surface area contributed by atoms with Crippen LogP contribution in [0.4, 0.5) is 17.6 Å². The van der Waals surface area contributed by atoms with Gasteiger partial charge in [-0.1, -0.05) is 6.42 Å². The topological polar surface area (TPSA) is 102 Å². The molecule has 0 aromatic carbocycles. The SMILES string of the molecule is NNc1cc(NCC2CCC2)nc(N)n1. The van der Waals surface area contributed by atoms with Crippen molar-refractivity contribution >= 4 is 17.6 Å². The van der Waals surface area contributed by atoms with E-state index in [2.05, 4.69) is 20.7 Å². The van der Waals surface area contributed by atoms with Gasteiger partial charge in [0.05, 0.1) is 0 Å². The number of hydrazine groups is 1. The molecule has 0 saturated heterocycles. The van der Waals surface area contributed by atoms with Crippen molar-refractivity contribution in [3.8, 4) is 0 Å². The van der Waals surface area contributed by atoms with Crippen molar-refractivity contribution in [3.05, 3.63) is 6.07 Å². The van der Waals surface area contributed by atoms with Gasteiger partial charge in [-0.05, 0) is 18.8 Å². The van der Waals surface area contributed by atoms with Gasteiger partial charge in [0.2, 0.25) is 5.95 Å². The molecular weight excluding hydrogens is 192 g/mol. The Balaban J connectivity index is 1.96. The molecule has 1 fully saturated rings. The first-order chi connectivity index (χ1) is 7.28. The molecule has 1 aliphatic rings. The molecule has 0 unspecified atom stereocenters. The molecule has 0 radical (unpaired) electrons. The van der Waals surface area contributed by atoms with E-state index >= 15 is 0 Å². The highest BCUT2D eigenvalue weighted by molar-refractivity contribution is 5.50. The van der Waals surface area contributed by atoms with E-state index in [-0.39, 0.29) is 5.95 Å². The minimum atomic E-state index is 0.224. The molecule has 0 aliphatic heterocycles. The summed E-state index contributed by atoms with van der Waals surface area (Å²) < 4.78 is 0. The van der Waals surface area contributed by atoms with Gasteiger partial charge >= 0.3 is 0 Å². The fraction of sp³-hybridized carbons (Fsp3) is 0.556. The van der Waals surface area contributed by atoms with Crippen LogP contribution in [-0.4, -0.2) is 16.5 Å². The van der Waals surface area contributed by atoms with Gasteiger partial charge < -0.3 is 16.5 Å². The molecule has 1 saturated carbocycles. The number of hydrogen-bond acceptors (Lipinski definition) is 6. The van der Waals surface area contributed by atoms with Gasteiger partial charge in [0, 0.05) is 12.6 Å². The molecule has 1 heterocycles. The van der Waals surface area contributed by atoms with E-state index in [1.165, 1.54) is 19.3 Å². The van der Waals surface area contributed by atoms with Crippen LogP contribution in [0.2, 0.25) is 0 Å². The number of anilines is 3. The zero-order chi connectivity index (χ0) is 10.7. The zero-order valence-corrected chi connectivity index (χ0v) is 8.53. The van der Waals surface area contributed by atoms with Crippen LogP contribution in [0.5, 0.6) is 0 Å². The van der Waals surface area contributed by atoms with E-state index in [9.17, 15) is 0 Å². The summed E-state index contributed by atoms with van der Waals surface area (Å²) in [6, 6.07) is 1.75. The highest BCUT2D eigenvalue weighted by Gasteiger charge is 2.16. The molecule has 82 valence electrons. The van der Waals surface area contributed by atoms with Gasteiger partial charge in [-0.25, -0.2) is 5.84 Å². The summed E-state index contributed by atoms with van der Waals surface area (Å²) in [7, 11) is 0.